The number of aromatic nitrogens is 1. The minimum Gasteiger partial charge on any atom is -0.465 e. The van der Waals surface area contributed by atoms with Crippen LogP contribution in [-0.2, 0) is 4.74 Å². The van der Waals surface area contributed by atoms with Crippen LogP contribution in [-0.4, -0.2) is 36.3 Å². The predicted octanol–water partition coefficient (Wildman–Crippen LogP) is 2.79. The van der Waals surface area contributed by atoms with Gasteiger partial charge in [0.1, 0.15) is 0 Å². The average Bonchev–Trinajstić information content (AvgIpc) is 2.77. The summed E-state index contributed by atoms with van der Waals surface area (Å²) in [5, 5.41) is 12.9. The van der Waals surface area contributed by atoms with Crippen molar-refractivity contribution in [2.45, 2.75) is 26.2 Å². The number of hydrogen-bond acceptors (Lipinski definition) is 6. The normalized spacial score (nSPS) is 12.2. The fraction of sp³-hybridized carbons (Fsp3) is 0.667. The molecule has 1 aromatic rings. The van der Waals surface area contributed by atoms with Crippen molar-refractivity contribution in [3.05, 3.63) is 10.0 Å². The summed E-state index contributed by atoms with van der Waals surface area (Å²) in [6, 6.07) is 0. The number of ether oxygens (including phenoxy) is 1. The summed E-state index contributed by atoms with van der Waals surface area (Å²) in [6.45, 7) is 3.00. The lowest BCUT2D eigenvalue weighted by molar-refractivity contribution is 0.0606. The maximum absolute atomic E-state index is 11.4. The van der Waals surface area contributed by atoms with Gasteiger partial charge in [0.25, 0.3) is 0 Å². The second-order valence-corrected chi connectivity index (χ2v) is 5.54. The molecule has 0 aliphatic rings. The molecule has 5 nitrogen and oxygen atoms in total. The molecule has 0 aromatic carbocycles. The Morgan fingerprint density at radius 3 is 2.89 bits per heavy atom. The van der Waals surface area contributed by atoms with Gasteiger partial charge in [-0.3, -0.25) is 0 Å². The Morgan fingerprint density at radius 2 is 2.32 bits per heavy atom. The Labute approximate surface area is 121 Å². The number of rotatable bonds is 8. The highest BCUT2D eigenvalue weighted by Crippen LogP contribution is 2.28. The van der Waals surface area contributed by atoms with Crippen LogP contribution in [0.5, 0.6) is 0 Å². The first-order valence-corrected chi connectivity index (χ1v) is 7.41. The summed E-state index contributed by atoms with van der Waals surface area (Å²) < 4.78 is 4.62. The molecule has 0 radical (unpaired) electrons. The van der Waals surface area contributed by atoms with E-state index >= 15 is 0 Å². The van der Waals surface area contributed by atoms with Crippen molar-refractivity contribution in [1.82, 2.24) is 4.98 Å². The van der Waals surface area contributed by atoms with E-state index in [1.54, 1.807) is 0 Å². The smallest absolute Gasteiger partial charge is 0.351 e. The Hall–Kier alpha value is -0.850. The van der Waals surface area contributed by atoms with E-state index < -0.39 is 5.97 Å². The molecule has 19 heavy (non-hydrogen) atoms. The van der Waals surface area contributed by atoms with Crippen molar-refractivity contribution in [2.75, 3.05) is 25.6 Å². The van der Waals surface area contributed by atoms with Crippen LogP contribution in [0.2, 0.25) is 5.15 Å². The van der Waals surface area contributed by atoms with E-state index in [-0.39, 0.29) is 11.8 Å². The number of carbonyl (C=O) groups is 1. The molecule has 0 bridgehead atoms. The van der Waals surface area contributed by atoms with Crippen molar-refractivity contribution in [3.63, 3.8) is 0 Å². The van der Waals surface area contributed by atoms with Gasteiger partial charge in [-0.1, -0.05) is 36.3 Å². The summed E-state index contributed by atoms with van der Waals surface area (Å²) in [7, 11) is 1.31. The molecule has 108 valence electrons. The molecular weight excluding hydrogens is 288 g/mol. The van der Waals surface area contributed by atoms with E-state index in [0.29, 0.717) is 22.5 Å². The molecule has 2 N–H and O–H groups in total. The first-order valence-electron chi connectivity index (χ1n) is 6.21. The largest absolute Gasteiger partial charge is 0.465 e. The molecule has 0 saturated carbocycles. The lowest BCUT2D eigenvalue weighted by Gasteiger charge is -2.14. The van der Waals surface area contributed by atoms with E-state index in [9.17, 15) is 4.79 Å². The number of nitrogens with one attached hydrogen (secondary N) is 1. The topological polar surface area (TPSA) is 71.5 Å². The van der Waals surface area contributed by atoms with Gasteiger partial charge in [0, 0.05) is 13.2 Å². The van der Waals surface area contributed by atoms with Crippen molar-refractivity contribution < 1.29 is 14.6 Å². The van der Waals surface area contributed by atoms with Crippen molar-refractivity contribution in [2.24, 2.45) is 5.92 Å². The van der Waals surface area contributed by atoms with E-state index in [1.807, 2.05) is 0 Å². The Bertz CT molecular complexity index is 406. The van der Waals surface area contributed by atoms with Crippen LogP contribution in [0.15, 0.2) is 0 Å². The highest BCUT2D eigenvalue weighted by Gasteiger charge is 2.17. The second kappa shape index (κ2) is 8.35. The standard InChI is InChI=1S/C12H19ClN2O3S/c1-3-4-8(5-6-16)7-14-12-15-10(13)9(19-12)11(17)18-2/h8,16H,3-7H2,1-2H3,(H,14,15). The monoisotopic (exact) mass is 306 g/mol. The fourth-order valence-electron chi connectivity index (χ4n) is 1.77. The summed E-state index contributed by atoms with van der Waals surface area (Å²) in [6.07, 6.45) is 2.86. The number of hydrogen-bond donors (Lipinski definition) is 2. The molecule has 1 heterocycles. The molecule has 1 unspecified atom stereocenters. The van der Waals surface area contributed by atoms with E-state index in [1.165, 1.54) is 18.4 Å². The maximum atomic E-state index is 11.4. The summed E-state index contributed by atoms with van der Waals surface area (Å²) in [4.78, 5) is 15.8. The molecule has 0 amide bonds. The van der Waals surface area contributed by atoms with Crippen LogP contribution in [0.4, 0.5) is 5.13 Å². The van der Waals surface area contributed by atoms with Gasteiger partial charge >= 0.3 is 5.97 Å². The molecule has 7 heteroatoms. The third kappa shape index (κ3) is 4.97. The third-order valence-electron chi connectivity index (χ3n) is 2.73. The molecule has 1 aromatic heterocycles. The molecule has 0 fully saturated rings. The van der Waals surface area contributed by atoms with Gasteiger partial charge < -0.3 is 15.2 Å². The second-order valence-electron chi connectivity index (χ2n) is 4.18. The lowest BCUT2D eigenvalue weighted by atomic mass is 10.0. The first kappa shape index (κ1) is 16.2. The number of carbonyl (C=O) groups excluding carboxylic acids is 1. The fourth-order valence-corrected chi connectivity index (χ4v) is 2.88. The number of aliphatic hydroxyl groups excluding tert-OH is 1. The minimum atomic E-state index is -0.476. The predicted molar refractivity (Wildman–Crippen MR) is 77.1 cm³/mol. The molecule has 0 saturated heterocycles. The number of aliphatic hydroxyl groups is 1. The SMILES string of the molecule is CCCC(CCO)CNc1nc(Cl)c(C(=O)OC)s1. The molecule has 1 atom stereocenters. The van der Waals surface area contributed by atoms with Gasteiger partial charge in [0.2, 0.25) is 0 Å². The maximum Gasteiger partial charge on any atom is 0.351 e. The lowest BCUT2D eigenvalue weighted by Crippen LogP contribution is -2.15. The molecular formula is C12H19ClN2O3S. The van der Waals surface area contributed by atoms with Crippen LogP contribution in [0, 0.1) is 5.92 Å². The van der Waals surface area contributed by atoms with Gasteiger partial charge in [0.05, 0.1) is 7.11 Å². The van der Waals surface area contributed by atoms with Crippen molar-refractivity contribution in [3.8, 4) is 0 Å². The van der Waals surface area contributed by atoms with Crippen LogP contribution in [0.1, 0.15) is 35.9 Å². The van der Waals surface area contributed by atoms with Crippen LogP contribution >= 0.6 is 22.9 Å². The molecule has 0 aliphatic carbocycles. The van der Waals surface area contributed by atoms with E-state index in [2.05, 4.69) is 22.0 Å². The van der Waals surface area contributed by atoms with Crippen LogP contribution in [0.3, 0.4) is 0 Å². The number of methoxy groups -OCH3 is 1. The average molecular weight is 307 g/mol. The summed E-state index contributed by atoms with van der Waals surface area (Å²) in [5.41, 5.74) is 0. The zero-order chi connectivity index (χ0) is 14.3. The molecule has 0 aliphatic heterocycles. The van der Waals surface area contributed by atoms with E-state index in [4.69, 9.17) is 16.7 Å². The van der Waals surface area contributed by atoms with E-state index in [0.717, 1.165) is 19.3 Å². The van der Waals surface area contributed by atoms with Gasteiger partial charge in [-0.2, -0.15) is 0 Å². The zero-order valence-corrected chi connectivity index (χ0v) is 12.7. The quantitative estimate of drug-likeness (QED) is 0.723. The molecule has 1 rings (SSSR count). The Kier molecular flexibility index (Phi) is 7.12. The summed E-state index contributed by atoms with van der Waals surface area (Å²) in [5.74, 6) is -0.0877. The zero-order valence-electron chi connectivity index (χ0n) is 11.1. The number of anilines is 1. The number of esters is 1. The van der Waals surface area contributed by atoms with Crippen LogP contribution < -0.4 is 5.32 Å². The van der Waals surface area contributed by atoms with Gasteiger partial charge in [0.15, 0.2) is 15.2 Å². The third-order valence-corrected chi connectivity index (χ3v) is 4.11. The Morgan fingerprint density at radius 1 is 1.58 bits per heavy atom. The van der Waals surface area contributed by atoms with Gasteiger partial charge in [-0.05, 0) is 18.8 Å². The van der Waals surface area contributed by atoms with Crippen molar-refractivity contribution in [1.29, 1.82) is 0 Å². The first-order chi connectivity index (χ1) is 9.12. The van der Waals surface area contributed by atoms with Crippen LogP contribution in [0.25, 0.3) is 0 Å². The number of halogens is 1. The molecule has 0 spiro atoms. The highest BCUT2D eigenvalue weighted by atomic mass is 35.5. The minimum absolute atomic E-state index is 0.161. The number of nitrogens with zero attached hydrogens (tertiary/aromatic N) is 1. The Balaban J connectivity index is 2.59. The van der Waals surface area contributed by atoms with Crippen molar-refractivity contribution >= 4 is 34.0 Å². The highest BCUT2D eigenvalue weighted by molar-refractivity contribution is 7.18. The van der Waals surface area contributed by atoms with Gasteiger partial charge in [-0.15, -0.1) is 0 Å². The van der Waals surface area contributed by atoms with Gasteiger partial charge in [-0.25, -0.2) is 9.78 Å². The summed E-state index contributed by atoms with van der Waals surface area (Å²) >= 11 is 7.05. The number of thiazole rings is 1.